The number of hydrogen-bond acceptors (Lipinski definition) is 4. The second kappa shape index (κ2) is 10.1. The predicted octanol–water partition coefficient (Wildman–Crippen LogP) is 4.87. The molecule has 1 aliphatic heterocycles. The Kier molecular flexibility index (Phi) is 7.67. The number of nitrogens with one attached hydrogen (secondary N) is 1. The smallest absolute Gasteiger partial charge is 0.356 e. The molecule has 0 bridgehead atoms. The van der Waals surface area contributed by atoms with Crippen LogP contribution in [0.15, 0.2) is 30.3 Å². The lowest BCUT2D eigenvalue weighted by Gasteiger charge is -2.33. The monoisotopic (exact) mass is 468 g/mol. The van der Waals surface area contributed by atoms with Crippen molar-refractivity contribution in [1.29, 1.82) is 0 Å². The summed E-state index contributed by atoms with van der Waals surface area (Å²) in [5.74, 6) is 0.0780. The molecule has 1 aliphatic rings. The lowest BCUT2D eigenvalue weighted by Crippen LogP contribution is -2.35. The second-order valence-electron chi connectivity index (χ2n) is 8.34. The van der Waals surface area contributed by atoms with Crippen LogP contribution >= 0.6 is 11.6 Å². The maximum absolute atomic E-state index is 13.3. The summed E-state index contributed by atoms with van der Waals surface area (Å²) in [5.41, 5.74) is 6.79. The van der Waals surface area contributed by atoms with Gasteiger partial charge in [-0.15, -0.1) is 0 Å². The van der Waals surface area contributed by atoms with Gasteiger partial charge < -0.3 is 16.0 Å². The summed E-state index contributed by atoms with van der Waals surface area (Å²) < 4.78 is 39.8. The van der Waals surface area contributed by atoms with Gasteiger partial charge in [0.2, 0.25) is 5.91 Å². The molecule has 174 valence electrons. The summed E-state index contributed by atoms with van der Waals surface area (Å²) in [6.45, 7) is 5.55. The van der Waals surface area contributed by atoms with Gasteiger partial charge in [-0.05, 0) is 48.9 Å². The number of amides is 1. The molecule has 1 atom stereocenters. The molecule has 0 saturated carbocycles. The SMILES string of the molecule is CC1CCN(c2nc(C(F)(F)F)ccc2CNC(=O)C(C)c2ccc(CN)c(Cl)c2)CC1. The molecule has 9 heteroatoms. The minimum atomic E-state index is -4.52. The van der Waals surface area contributed by atoms with Crippen LogP contribution in [0.4, 0.5) is 19.0 Å². The molecule has 1 fully saturated rings. The standard InChI is InChI=1S/C23H28ClF3N4O/c1-14-7-9-31(10-8-14)21-18(5-6-20(30-21)23(25,26)27)13-29-22(32)15(2)16-3-4-17(12-28)19(24)11-16/h3-6,11,14-15H,7-10,12-13,28H2,1-2H3,(H,29,32). The molecule has 0 spiro atoms. The van der Waals surface area contributed by atoms with Gasteiger partial charge in [0.15, 0.2) is 0 Å². The van der Waals surface area contributed by atoms with E-state index in [2.05, 4.69) is 17.2 Å². The maximum Gasteiger partial charge on any atom is 0.433 e. The quantitative estimate of drug-likeness (QED) is 0.634. The van der Waals surface area contributed by atoms with E-state index in [9.17, 15) is 18.0 Å². The zero-order valence-corrected chi connectivity index (χ0v) is 18.9. The van der Waals surface area contributed by atoms with Crippen LogP contribution in [0.5, 0.6) is 0 Å². The number of hydrogen-bond donors (Lipinski definition) is 2. The van der Waals surface area contributed by atoms with Crippen molar-refractivity contribution in [2.45, 2.75) is 51.9 Å². The maximum atomic E-state index is 13.3. The average Bonchev–Trinajstić information content (AvgIpc) is 2.76. The van der Waals surface area contributed by atoms with E-state index >= 15 is 0 Å². The van der Waals surface area contributed by atoms with E-state index in [0.29, 0.717) is 36.1 Å². The second-order valence-corrected chi connectivity index (χ2v) is 8.75. The number of carbonyl (C=O) groups excluding carboxylic acids is 1. The Morgan fingerprint density at radius 2 is 1.91 bits per heavy atom. The van der Waals surface area contributed by atoms with Crippen molar-refractivity contribution in [3.63, 3.8) is 0 Å². The summed E-state index contributed by atoms with van der Waals surface area (Å²) in [4.78, 5) is 18.6. The fourth-order valence-corrected chi connectivity index (χ4v) is 4.02. The number of piperidine rings is 1. The van der Waals surface area contributed by atoms with Gasteiger partial charge in [0.25, 0.3) is 0 Å². The minimum absolute atomic E-state index is 0.0876. The Morgan fingerprint density at radius 3 is 2.50 bits per heavy atom. The molecule has 2 aromatic rings. The normalized spacial score (nSPS) is 16.2. The topological polar surface area (TPSA) is 71.2 Å². The van der Waals surface area contributed by atoms with E-state index in [4.69, 9.17) is 17.3 Å². The summed E-state index contributed by atoms with van der Waals surface area (Å²) >= 11 is 6.20. The molecular formula is C23H28ClF3N4O. The minimum Gasteiger partial charge on any atom is -0.356 e. The molecule has 0 radical (unpaired) electrons. The number of rotatable bonds is 6. The van der Waals surface area contributed by atoms with Crippen molar-refractivity contribution in [3.05, 3.63) is 57.7 Å². The van der Waals surface area contributed by atoms with Crippen molar-refractivity contribution >= 4 is 23.3 Å². The van der Waals surface area contributed by atoms with Gasteiger partial charge in [-0.25, -0.2) is 4.98 Å². The van der Waals surface area contributed by atoms with Crippen molar-refractivity contribution < 1.29 is 18.0 Å². The lowest BCUT2D eigenvalue weighted by atomic mass is 9.98. The van der Waals surface area contributed by atoms with Crippen LogP contribution in [-0.2, 0) is 24.1 Å². The Bertz CT molecular complexity index is 959. The Balaban J connectivity index is 1.77. The average molecular weight is 469 g/mol. The molecule has 1 aromatic heterocycles. The van der Waals surface area contributed by atoms with Crippen LogP contribution in [0, 0.1) is 5.92 Å². The first-order valence-electron chi connectivity index (χ1n) is 10.7. The van der Waals surface area contributed by atoms with Crippen LogP contribution in [0.3, 0.4) is 0 Å². The van der Waals surface area contributed by atoms with Crippen LogP contribution in [0.2, 0.25) is 5.02 Å². The van der Waals surface area contributed by atoms with Gasteiger partial charge in [-0.2, -0.15) is 13.2 Å². The first-order chi connectivity index (χ1) is 15.1. The number of nitrogens with zero attached hydrogens (tertiary/aromatic N) is 2. The number of halogens is 4. The van der Waals surface area contributed by atoms with Crippen molar-refractivity contribution in [2.24, 2.45) is 11.7 Å². The summed E-state index contributed by atoms with van der Waals surface area (Å²) in [6, 6.07) is 7.68. The molecule has 1 unspecified atom stereocenters. The first-order valence-corrected chi connectivity index (χ1v) is 11.1. The summed E-state index contributed by atoms with van der Waals surface area (Å²) in [7, 11) is 0. The third-order valence-electron chi connectivity index (χ3n) is 5.97. The number of pyridine rings is 1. The van der Waals surface area contributed by atoms with Gasteiger partial charge in [0.1, 0.15) is 11.5 Å². The molecule has 1 aromatic carbocycles. The number of nitrogens with two attached hydrogens (primary N) is 1. The summed E-state index contributed by atoms with van der Waals surface area (Å²) in [5, 5.41) is 3.34. The molecule has 5 nitrogen and oxygen atoms in total. The molecule has 2 heterocycles. The molecule has 3 rings (SSSR count). The Morgan fingerprint density at radius 1 is 1.25 bits per heavy atom. The highest BCUT2D eigenvalue weighted by Gasteiger charge is 2.34. The number of carbonyl (C=O) groups is 1. The van der Waals surface area contributed by atoms with E-state index in [1.54, 1.807) is 25.1 Å². The lowest BCUT2D eigenvalue weighted by molar-refractivity contribution is -0.141. The van der Waals surface area contributed by atoms with Gasteiger partial charge in [-0.1, -0.05) is 36.7 Å². The first kappa shape index (κ1) is 24.3. The fourth-order valence-electron chi connectivity index (χ4n) is 3.75. The van der Waals surface area contributed by atoms with Gasteiger partial charge in [0.05, 0.1) is 5.92 Å². The van der Waals surface area contributed by atoms with E-state index < -0.39 is 17.8 Å². The third-order valence-corrected chi connectivity index (χ3v) is 6.32. The van der Waals surface area contributed by atoms with Gasteiger partial charge in [0, 0.05) is 36.8 Å². The number of aromatic nitrogens is 1. The highest BCUT2D eigenvalue weighted by molar-refractivity contribution is 6.31. The van der Waals surface area contributed by atoms with Crippen molar-refractivity contribution in [3.8, 4) is 0 Å². The van der Waals surface area contributed by atoms with E-state index in [1.165, 1.54) is 6.07 Å². The van der Waals surface area contributed by atoms with Gasteiger partial charge >= 0.3 is 6.18 Å². The zero-order valence-electron chi connectivity index (χ0n) is 18.2. The third kappa shape index (κ3) is 5.72. The molecule has 3 N–H and O–H groups in total. The molecule has 32 heavy (non-hydrogen) atoms. The molecular weight excluding hydrogens is 441 g/mol. The van der Waals surface area contributed by atoms with E-state index in [0.717, 1.165) is 30.0 Å². The van der Waals surface area contributed by atoms with E-state index in [1.807, 2.05) is 4.90 Å². The predicted molar refractivity (Wildman–Crippen MR) is 119 cm³/mol. The zero-order chi connectivity index (χ0) is 23.5. The van der Waals surface area contributed by atoms with Crippen molar-refractivity contribution in [2.75, 3.05) is 18.0 Å². The molecule has 0 aliphatic carbocycles. The largest absolute Gasteiger partial charge is 0.433 e. The molecule has 1 saturated heterocycles. The number of alkyl halides is 3. The Labute approximate surface area is 191 Å². The number of anilines is 1. The van der Waals surface area contributed by atoms with Crippen LogP contribution in [-0.4, -0.2) is 24.0 Å². The van der Waals surface area contributed by atoms with Crippen LogP contribution < -0.4 is 16.0 Å². The highest BCUT2D eigenvalue weighted by Crippen LogP contribution is 2.32. The van der Waals surface area contributed by atoms with Gasteiger partial charge in [-0.3, -0.25) is 4.79 Å². The van der Waals surface area contributed by atoms with Crippen LogP contribution in [0.25, 0.3) is 0 Å². The molecule has 1 amide bonds. The highest BCUT2D eigenvalue weighted by atomic mass is 35.5. The van der Waals surface area contributed by atoms with E-state index in [-0.39, 0.29) is 18.3 Å². The van der Waals surface area contributed by atoms with Crippen molar-refractivity contribution in [1.82, 2.24) is 10.3 Å². The number of benzene rings is 1. The summed E-state index contributed by atoms with van der Waals surface area (Å²) in [6.07, 6.45) is -2.75. The Hall–Kier alpha value is -2.32. The fraction of sp³-hybridized carbons (Fsp3) is 0.478. The van der Waals surface area contributed by atoms with Crippen LogP contribution in [0.1, 0.15) is 55.0 Å².